The SMILES string of the molecule is Cc1noc(-c2ccc(-c3ccc(C4CC4)cc3)cc2)c1Nc1cccc(-c2nn[nH]n2)n1.O=C(O)O. The maximum atomic E-state index is 8.56. The van der Waals surface area contributed by atoms with Crippen LogP contribution < -0.4 is 5.32 Å². The molecule has 11 heteroatoms. The van der Waals surface area contributed by atoms with Crippen molar-refractivity contribution < 1.29 is 19.5 Å². The minimum Gasteiger partial charge on any atom is -0.450 e. The van der Waals surface area contributed by atoms with Gasteiger partial charge in [0.1, 0.15) is 22.9 Å². The van der Waals surface area contributed by atoms with Crippen molar-refractivity contribution in [2.24, 2.45) is 0 Å². The van der Waals surface area contributed by atoms with Crippen molar-refractivity contribution in [1.29, 1.82) is 0 Å². The Morgan fingerprint density at radius 1 is 0.973 bits per heavy atom. The van der Waals surface area contributed by atoms with E-state index >= 15 is 0 Å². The third kappa shape index (κ3) is 5.61. The van der Waals surface area contributed by atoms with E-state index in [1.807, 2.05) is 25.1 Å². The number of hydrogen-bond donors (Lipinski definition) is 4. The number of carboxylic acid groups (broad SMARTS) is 2. The Morgan fingerprint density at radius 2 is 1.62 bits per heavy atom. The Balaban J connectivity index is 0.000000655. The number of anilines is 2. The summed E-state index contributed by atoms with van der Waals surface area (Å²) in [6.07, 6.45) is 0.801. The fourth-order valence-corrected chi connectivity index (χ4v) is 3.92. The molecular formula is C26H23N7O4. The summed E-state index contributed by atoms with van der Waals surface area (Å²) in [5.74, 6) is 2.50. The first-order valence-corrected chi connectivity index (χ1v) is 11.5. The number of nitrogens with one attached hydrogen (secondary N) is 2. The molecular weight excluding hydrogens is 474 g/mol. The van der Waals surface area contributed by atoms with Gasteiger partial charge in [-0.2, -0.15) is 5.21 Å². The lowest BCUT2D eigenvalue weighted by Crippen LogP contribution is -1.97. The van der Waals surface area contributed by atoms with Gasteiger partial charge in [0.25, 0.3) is 0 Å². The molecule has 0 radical (unpaired) electrons. The smallest absolute Gasteiger partial charge is 0.450 e. The number of aromatic nitrogens is 6. The summed E-state index contributed by atoms with van der Waals surface area (Å²) in [4.78, 5) is 13.1. The molecule has 1 aliphatic carbocycles. The van der Waals surface area contributed by atoms with Crippen LogP contribution in [-0.2, 0) is 0 Å². The monoisotopic (exact) mass is 497 g/mol. The number of benzene rings is 2. The predicted octanol–water partition coefficient (Wildman–Crippen LogP) is 5.74. The van der Waals surface area contributed by atoms with Gasteiger partial charge in [-0.3, -0.25) is 0 Å². The summed E-state index contributed by atoms with van der Waals surface area (Å²) in [7, 11) is 0. The van der Waals surface area contributed by atoms with Crippen LogP contribution in [0.15, 0.2) is 71.3 Å². The van der Waals surface area contributed by atoms with Gasteiger partial charge in [-0.05, 0) is 59.7 Å². The number of H-pyrrole nitrogens is 1. The normalized spacial score (nSPS) is 12.5. The van der Waals surface area contributed by atoms with E-state index in [1.54, 1.807) is 0 Å². The molecule has 0 amide bonds. The quantitative estimate of drug-likeness (QED) is 0.227. The molecule has 0 atom stereocenters. The van der Waals surface area contributed by atoms with Gasteiger partial charge in [-0.1, -0.05) is 59.8 Å². The van der Waals surface area contributed by atoms with Crippen LogP contribution in [0.1, 0.15) is 30.0 Å². The van der Waals surface area contributed by atoms with Crippen molar-refractivity contribution in [1.82, 2.24) is 30.8 Å². The van der Waals surface area contributed by atoms with Crippen LogP contribution in [0.3, 0.4) is 0 Å². The van der Waals surface area contributed by atoms with E-state index in [-0.39, 0.29) is 0 Å². The Morgan fingerprint density at radius 3 is 2.24 bits per heavy atom. The van der Waals surface area contributed by atoms with Gasteiger partial charge in [0, 0.05) is 5.56 Å². The van der Waals surface area contributed by atoms with Crippen molar-refractivity contribution in [3.05, 3.63) is 78.0 Å². The molecule has 0 saturated heterocycles. The lowest BCUT2D eigenvalue weighted by atomic mass is 10.0. The summed E-state index contributed by atoms with van der Waals surface area (Å²) in [5.41, 5.74) is 6.89. The molecule has 1 aliphatic rings. The van der Waals surface area contributed by atoms with E-state index in [4.69, 9.17) is 19.5 Å². The molecule has 2 aromatic carbocycles. The summed E-state index contributed by atoms with van der Waals surface area (Å²) in [6.45, 7) is 1.90. The number of carbonyl (C=O) groups is 1. The first kappa shape index (κ1) is 23.7. The minimum absolute atomic E-state index is 0.432. The molecule has 186 valence electrons. The van der Waals surface area contributed by atoms with Gasteiger partial charge >= 0.3 is 6.16 Å². The first-order valence-electron chi connectivity index (χ1n) is 11.5. The second-order valence-electron chi connectivity index (χ2n) is 8.50. The van der Waals surface area contributed by atoms with E-state index in [0.717, 1.165) is 22.9 Å². The summed E-state index contributed by atoms with van der Waals surface area (Å²) in [6, 6.07) is 22.8. The molecule has 5 aromatic rings. The number of pyridine rings is 1. The molecule has 0 spiro atoms. The molecule has 6 rings (SSSR count). The lowest BCUT2D eigenvalue weighted by Gasteiger charge is -2.08. The number of hydrogen-bond acceptors (Lipinski definition) is 8. The third-order valence-electron chi connectivity index (χ3n) is 5.88. The highest BCUT2D eigenvalue weighted by Crippen LogP contribution is 2.40. The second-order valence-corrected chi connectivity index (χ2v) is 8.50. The highest BCUT2D eigenvalue weighted by molar-refractivity contribution is 5.79. The number of tetrazole rings is 1. The molecule has 37 heavy (non-hydrogen) atoms. The molecule has 1 saturated carbocycles. The Labute approximate surface area is 211 Å². The molecule has 4 N–H and O–H groups in total. The van der Waals surface area contributed by atoms with Gasteiger partial charge in [-0.15, -0.1) is 10.2 Å². The topological polar surface area (TPSA) is 163 Å². The summed E-state index contributed by atoms with van der Waals surface area (Å²) < 4.78 is 5.67. The summed E-state index contributed by atoms with van der Waals surface area (Å²) in [5, 5.41) is 35.5. The fourth-order valence-electron chi connectivity index (χ4n) is 3.92. The van der Waals surface area contributed by atoms with Gasteiger partial charge in [0.05, 0.1) is 0 Å². The molecule has 11 nitrogen and oxygen atoms in total. The zero-order valence-electron chi connectivity index (χ0n) is 19.8. The van der Waals surface area contributed by atoms with E-state index in [9.17, 15) is 0 Å². The average molecular weight is 498 g/mol. The Bertz CT molecular complexity index is 1490. The standard InChI is InChI=1S/C25H21N7O.CH2O3/c1-15-23(27-22-4-2-3-21(26-22)25-28-31-32-29-25)24(33-30-15)20-13-11-19(12-14-20)18-9-7-17(8-10-18)16-5-6-16;2-1(3)4/h2-4,7-14,16H,5-6H2,1H3,(H,26,27)(H,28,29,31,32);(H2,2,3,4). The van der Waals surface area contributed by atoms with E-state index in [0.29, 0.717) is 23.1 Å². The number of nitrogens with zero attached hydrogens (tertiary/aromatic N) is 5. The van der Waals surface area contributed by atoms with Gasteiger partial charge in [0.15, 0.2) is 5.76 Å². The number of rotatable bonds is 6. The van der Waals surface area contributed by atoms with Crippen molar-refractivity contribution in [2.45, 2.75) is 25.7 Å². The van der Waals surface area contributed by atoms with Crippen molar-refractivity contribution in [3.63, 3.8) is 0 Å². The van der Waals surface area contributed by atoms with Crippen LogP contribution in [0.2, 0.25) is 0 Å². The molecule has 3 aromatic heterocycles. The van der Waals surface area contributed by atoms with E-state index in [2.05, 4.69) is 84.6 Å². The van der Waals surface area contributed by atoms with E-state index in [1.165, 1.54) is 29.5 Å². The first-order chi connectivity index (χ1) is 18.0. The maximum absolute atomic E-state index is 8.56. The third-order valence-corrected chi connectivity index (χ3v) is 5.88. The molecule has 1 fully saturated rings. The van der Waals surface area contributed by atoms with Crippen LogP contribution in [0, 0.1) is 6.92 Å². The largest absolute Gasteiger partial charge is 0.503 e. The van der Waals surface area contributed by atoms with Crippen LogP contribution in [0.25, 0.3) is 34.0 Å². The molecule has 0 unspecified atom stereocenters. The second kappa shape index (κ2) is 10.3. The zero-order chi connectivity index (χ0) is 25.8. The summed E-state index contributed by atoms with van der Waals surface area (Å²) >= 11 is 0. The highest BCUT2D eigenvalue weighted by Gasteiger charge is 2.23. The van der Waals surface area contributed by atoms with Crippen LogP contribution in [-0.4, -0.2) is 47.1 Å². The van der Waals surface area contributed by atoms with Crippen molar-refractivity contribution in [3.8, 4) is 34.0 Å². The lowest BCUT2D eigenvalue weighted by molar-refractivity contribution is 0.137. The fraction of sp³-hybridized carbons (Fsp3) is 0.154. The minimum atomic E-state index is -1.83. The molecule has 3 heterocycles. The molecule has 0 aliphatic heterocycles. The zero-order valence-corrected chi connectivity index (χ0v) is 19.8. The van der Waals surface area contributed by atoms with Crippen LogP contribution in [0.5, 0.6) is 0 Å². The van der Waals surface area contributed by atoms with Crippen LogP contribution >= 0.6 is 0 Å². The predicted molar refractivity (Wildman–Crippen MR) is 135 cm³/mol. The maximum Gasteiger partial charge on any atom is 0.503 e. The van der Waals surface area contributed by atoms with Crippen molar-refractivity contribution in [2.75, 3.05) is 5.32 Å². The Kier molecular flexibility index (Phi) is 6.58. The average Bonchev–Trinajstić information content (AvgIpc) is 3.49. The van der Waals surface area contributed by atoms with Crippen LogP contribution in [0.4, 0.5) is 16.3 Å². The molecule has 0 bridgehead atoms. The number of aromatic amines is 1. The van der Waals surface area contributed by atoms with Crippen molar-refractivity contribution >= 4 is 17.7 Å². The van der Waals surface area contributed by atoms with Gasteiger partial charge in [-0.25, -0.2) is 9.78 Å². The highest BCUT2D eigenvalue weighted by atomic mass is 16.6. The Hall–Kier alpha value is -5.06. The van der Waals surface area contributed by atoms with Gasteiger partial charge in [0.2, 0.25) is 5.82 Å². The van der Waals surface area contributed by atoms with Gasteiger partial charge < -0.3 is 20.1 Å². The van der Waals surface area contributed by atoms with E-state index < -0.39 is 6.16 Å². The number of aryl methyl sites for hydroxylation is 1.